The second-order valence-corrected chi connectivity index (χ2v) is 29.7. The van der Waals surface area contributed by atoms with E-state index in [0.29, 0.717) is 33.3 Å². The molecule has 0 aliphatic rings. The van der Waals surface area contributed by atoms with Gasteiger partial charge in [-0.25, -0.2) is 4.39 Å². The number of imidazole rings is 1. The number of para-hydroxylation sites is 2. The maximum atomic E-state index is 15.3. The summed E-state index contributed by atoms with van der Waals surface area (Å²) >= 11 is -1.94. The molecule has 0 fully saturated rings. The Labute approximate surface area is 393 Å². The van der Waals surface area contributed by atoms with Gasteiger partial charge in [0, 0.05) is 31.7 Å². The van der Waals surface area contributed by atoms with Crippen molar-refractivity contribution in [3.63, 3.8) is 0 Å². The Bertz CT molecular complexity index is 3120. The van der Waals surface area contributed by atoms with Gasteiger partial charge in [-0.15, -0.1) is 48.0 Å². The van der Waals surface area contributed by atoms with Crippen molar-refractivity contribution < 1.29 is 28.9 Å². The van der Waals surface area contributed by atoms with Crippen LogP contribution in [0.1, 0.15) is 82.6 Å². The van der Waals surface area contributed by atoms with Gasteiger partial charge < -0.3 is 9.40 Å². The molecule has 0 aliphatic carbocycles. The number of rotatable bonds is 7. The maximum Gasteiger partial charge on any atom is 0 e. The summed E-state index contributed by atoms with van der Waals surface area (Å²) in [5.74, 6) is 7.89. The monoisotopic (exact) mass is 1080 g/mol. The van der Waals surface area contributed by atoms with E-state index < -0.39 is 19.1 Å². The molecule has 0 spiro atoms. The van der Waals surface area contributed by atoms with Crippen LogP contribution < -0.4 is 4.40 Å². The first-order valence-corrected chi connectivity index (χ1v) is 29.0. The van der Waals surface area contributed by atoms with Gasteiger partial charge in [0.1, 0.15) is 11.4 Å². The summed E-state index contributed by atoms with van der Waals surface area (Å²) in [7, 11) is 0. The second kappa shape index (κ2) is 18.5. The van der Waals surface area contributed by atoms with Gasteiger partial charge in [-0.3, -0.25) is 0 Å². The molecule has 0 atom stereocenters. The van der Waals surface area contributed by atoms with Gasteiger partial charge in [-0.05, 0) is 28.8 Å². The minimum atomic E-state index is -1.94. The van der Waals surface area contributed by atoms with Crippen molar-refractivity contribution in [1.29, 1.82) is 5.26 Å². The van der Waals surface area contributed by atoms with Crippen LogP contribution in [-0.4, -0.2) is 27.8 Å². The fourth-order valence-electron chi connectivity index (χ4n) is 8.17. The third-order valence-corrected chi connectivity index (χ3v) is 16.1. The van der Waals surface area contributed by atoms with Crippen molar-refractivity contribution in [2.75, 3.05) is 0 Å². The number of nitriles is 1. The Hall–Kier alpha value is -5.65. The average Bonchev–Trinajstić information content (AvgIpc) is 3.85. The van der Waals surface area contributed by atoms with Crippen LogP contribution in [0.2, 0.25) is 17.3 Å². The van der Waals surface area contributed by atoms with Crippen molar-refractivity contribution in [3.8, 4) is 45.5 Å². The predicted octanol–water partition coefficient (Wildman–Crippen LogP) is 14.7. The van der Waals surface area contributed by atoms with Gasteiger partial charge in [0.25, 0.3) is 0 Å². The van der Waals surface area contributed by atoms with E-state index in [-0.39, 0.29) is 42.9 Å². The molecule has 64 heavy (non-hydrogen) atoms. The van der Waals surface area contributed by atoms with Gasteiger partial charge >= 0.3 is 201 Å². The molecule has 1 radical (unpaired) electrons. The van der Waals surface area contributed by atoms with E-state index >= 15 is 4.39 Å². The van der Waals surface area contributed by atoms with Gasteiger partial charge in [0.05, 0.1) is 11.6 Å². The molecule has 0 unspecified atom stereocenters. The van der Waals surface area contributed by atoms with Crippen molar-refractivity contribution in [2.24, 2.45) is 0 Å². The molecular formula is C56H53FGeIrN4O-2. The summed E-state index contributed by atoms with van der Waals surface area (Å²) < 4.78 is 25.4. The minimum Gasteiger partial charge on any atom is 0 e. The zero-order valence-corrected chi connectivity index (χ0v) is 42.7. The van der Waals surface area contributed by atoms with Gasteiger partial charge in [-0.1, -0.05) is 44.4 Å². The number of nitrogens with zero attached hydrogens (tertiary/aromatic N) is 4. The Morgan fingerprint density at radius 2 is 1.47 bits per heavy atom. The molecule has 8 heteroatoms. The molecule has 9 aromatic rings. The molecule has 3 heterocycles. The molecule has 0 saturated carbocycles. The number of halogens is 1. The zero-order valence-electron chi connectivity index (χ0n) is 38.2. The fraction of sp³-hybridized carbons (Fsp3) is 0.232. The van der Waals surface area contributed by atoms with Gasteiger partial charge in [0.2, 0.25) is 0 Å². The topological polar surface area (TPSA) is 67.6 Å². The standard InChI is InChI=1S/C41H37FGeN3O.C15H16N.Ir/c1-24(2)32-21-28(27-15-17-29(18-16-27)43(5,6)7)22-33(25(3)4)39(32)46-36-14-9-8-13-35(36)45-41(46)31-12-10-11-30-38-34(42)19-26(23-44)20-37(38)47-40(30)31;1-15(2,3)13-9-10-14(16-11-13)12-7-5-4-6-8-12;/h8-11,13-22,24-25H,1-7H3;4-7,9-11H,1-3H3;/q2*-1;. The third kappa shape index (κ3) is 9.15. The molecule has 5 nitrogen and oxygen atoms in total. The summed E-state index contributed by atoms with van der Waals surface area (Å²) in [4.78, 5) is 9.66. The summed E-state index contributed by atoms with van der Waals surface area (Å²) in [5, 5.41) is 10.5. The van der Waals surface area contributed by atoms with Crippen LogP contribution in [0.4, 0.5) is 4.39 Å². The molecule has 0 aliphatic heterocycles. The Morgan fingerprint density at radius 1 is 0.781 bits per heavy atom. The minimum absolute atomic E-state index is 0. The largest absolute Gasteiger partial charge is 0 e. The van der Waals surface area contributed by atoms with E-state index in [0.717, 1.165) is 28.0 Å². The summed E-state index contributed by atoms with van der Waals surface area (Å²) in [6.07, 6.45) is 1.95. The van der Waals surface area contributed by atoms with Crippen LogP contribution in [0.3, 0.4) is 0 Å². The first-order chi connectivity index (χ1) is 30.0. The number of furan rings is 1. The third-order valence-electron chi connectivity index (χ3n) is 11.7. The molecule has 3 aromatic heterocycles. The second-order valence-electron chi connectivity index (χ2n) is 19.0. The summed E-state index contributed by atoms with van der Waals surface area (Å²) in [6.45, 7) is 15.5. The van der Waals surface area contributed by atoms with Crippen molar-refractivity contribution in [1.82, 2.24) is 14.5 Å². The van der Waals surface area contributed by atoms with Gasteiger partial charge in [0.15, 0.2) is 0 Å². The fourth-order valence-corrected chi connectivity index (χ4v) is 10.6. The van der Waals surface area contributed by atoms with E-state index in [4.69, 9.17) is 9.40 Å². The number of aromatic nitrogens is 3. The van der Waals surface area contributed by atoms with Crippen molar-refractivity contribution in [2.45, 2.75) is 83.0 Å². The first kappa shape index (κ1) is 46.3. The Kier molecular flexibility index (Phi) is 13.4. The van der Waals surface area contributed by atoms with Crippen molar-refractivity contribution >= 4 is 50.6 Å². The smallest absolute Gasteiger partial charge is 0 e. The van der Waals surface area contributed by atoms with Crippen LogP contribution in [-0.2, 0) is 25.5 Å². The van der Waals surface area contributed by atoms with Crippen molar-refractivity contribution in [3.05, 3.63) is 168 Å². The number of pyridine rings is 1. The van der Waals surface area contributed by atoms with Gasteiger partial charge in [-0.2, -0.15) is 5.26 Å². The molecule has 0 amide bonds. The summed E-state index contributed by atoms with van der Waals surface area (Å²) in [6, 6.07) is 49.2. The Morgan fingerprint density at radius 3 is 2.06 bits per heavy atom. The number of hydrogen-bond donors (Lipinski definition) is 0. The van der Waals surface area contributed by atoms with E-state index in [1.165, 1.54) is 38.3 Å². The van der Waals surface area contributed by atoms with Crippen LogP contribution in [0, 0.1) is 29.3 Å². The zero-order chi connectivity index (χ0) is 44.8. The van der Waals surface area contributed by atoms with Crippen LogP contribution in [0.25, 0.3) is 72.4 Å². The first-order valence-electron chi connectivity index (χ1n) is 21.7. The molecule has 6 aromatic carbocycles. The molecule has 0 saturated heterocycles. The van der Waals surface area contributed by atoms with Crippen LogP contribution in [0.5, 0.6) is 0 Å². The van der Waals surface area contributed by atoms with Crippen LogP contribution >= 0.6 is 0 Å². The molecule has 325 valence electrons. The van der Waals surface area contributed by atoms with E-state index in [1.807, 2.05) is 60.8 Å². The predicted molar refractivity (Wildman–Crippen MR) is 261 cm³/mol. The normalized spacial score (nSPS) is 11.8. The molecule has 9 rings (SSSR count). The SMILES string of the molecule is CC(C)(C)c1ccc(-c2[c-]cccc2)nc1.CC(C)c1cc(-c2cc[c]([Ge]([CH3])([CH3])[CH3])cc2)cc(C(C)C)c1-n1c(-c2[c-]ccc3c2oc2cc(C#N)cc(F)c23)nc2ccccc21.[Ir]. The number of fused-ring (bicyclic) bond motifs is 4. The maximum absolute atomic E-state index is 15.3. The van der Waals surface area contributed by atoms with E-state index in [2.05, 4.69) is 142 Å². The quantitative estimate of drug-likeness (QED) is 0.118. The van der Waals surface area contributed by atoms with E-state index in [1.54, 1.807) is 12.1 Å². The van der Waals surface area contributed by atoms with Crippen LogP contribution in [0.15, 0.2) is 132 Å². The summed E-state index contributed by atoms with van der Waals surface area (Å²) in [5.41, 5.74) is 12.9. The Balaban J connectivity index is 0.000000304. The number of benzene rings is 6. The molecular weight excluding hydrogens is 1030 g/mol. The van der Waals surface area contributed by atoms with E-state index in [9.17, 15) is 5.26 Å². The molecule has 0 N–H and O–H groups in total. The molecule has 0 bridgehead atoms. The number of hydrogen-bond acceptors (Lipinski definition) is 4. The average molecular weight is 1080 g/mol.